The van der Waals surface area contributed by atoms with Crippen LogP contribution in [0.3, 0.4) is 0 Å². The minimum atomic E-state index is -0.0271. The maximum atomic E-state index is 12.8. The quantitative estimate of drug-likeness (QED) is 0.735. The fraction of sp³-hybridized carbons (Fsp3) is 0.350. The highest BCUT2D eigenvalue weighted by atomic mass is 35.5. The van der Waals surface area contributed by atoms with E-state index in [0.29, 0.717) is 0 Å². The summed E-state index contributed by atoms with van der Waals surface area (Å²) in [5.74, 6) is 0. The monoisotopic (exact) mass is 342 g/mol. The number of rotatable bonds is 2. The summed E-state index contributed by atoms with van der Waals surface area (Å²) < 4.78 is 0. The molecule has 1 aliphatic heterocycles. The van der Waals surface area contributed by atoms with Gasteiger partial charge in [0.15, 0.2) is 0 Å². The number of likely N-dealkylation sites (tertiary alicyclic amines) is 1. The van der Waals surface area contributed by atoms with Crippen molar-refractivity contribution in [1.29, 1.82) is 0 Å². The summed E-state index contributed by atoms with van der Waals surface area (Å²) in [5.41, 5.74) is 3.17. The Hall–Kier alpha value is -2.00. The van der Waals surface area contributed by atoms with E-state index in [2.05, 4.69) is 5.32 Å². The molecule has 0 radical (unpaired) electrons. The molecule has 2 aromatic carbocycles. The standard InChI is InChI=1S/C20H23ClN2O/c1-15-6-12-18(13-7-15)22-20(24)23-14-4-2-3-5-19(23)16-8-10-17(21)11-9-16/h6-13,19H,2-5,14H2,1H3,(H,22,24)/t19-/m1/s1. The Labute approximate surface area is 148 Å². The predicted octanol–water partition coefficient (Wildman–Crippen LogP) is 5.80. The first kappa shape index (κ1) is 16.8. The van der Waals surface area contributed by atoms with E-state index < -0.39 is 0 Å². The van der Waals surface area contributed by atoms with Crippen LogP contribution in [0.5, 0.6) is 0 Å². The molecule has 1 saturated heterocycles. The summed E-state index contributed by atoms with van der Waals surface area (Å²) in [6, 6.07) is 15.9. The lowest BCUT2D eigenvalue weighted by Gasteiger charge is -2.30. The van der Waals surface area contributed by atoms with Gasteiger partial charge in [0, 0.05) is 17.3 Å². The Balaban J connectivity index is 1.79. The van der Waals surface area contributed by atoms with Crippen LogP contribution in [0.2, 0.25) is 5.02 Å². The van der Waals surface area contributed by atoms with Gasteiger partial charge in [0.25, 0.3) is 0 Å². The van der Waals surface area contributed by atoms with Crippen molar-refractivity contribution in [3.63, 3.8) is 0 Å². The highest BCUT2D eigenvalue weighted by molar-refractivity contribution is 6.30. The number of halogens is 1. The van der Waals surface area contributed by atoms with Crippen LogP contribution < -0.4 is 5.32 Å². The Kier molecular flexibility index (Phi) is 5.41. The number of nitrogens with one attached hydrogen (secondary N) is 1. The van der Waals surface area contributed by atoms with Gasteiger partial charge >= 0.3 is 6.03 Å². The molecule has 4 heteroatoms. The molecule has 1 heterocycles. The van der Waals surface area contributed by atoms with Gasteiger partial charge in [-0.1, -0.05) is 54.3 Å². The van der Waals surface area contributed by atoms with Gasteiger partial charge in [0.1, 0.15) is 0 Å². The first-order chi connectivity index (χ1) is 11.6. The predicted molar refractivity (Wildman–Crippen MR) is 99.6 cm³/mol. The second-order valence-electron chi connectivity index (χ2n) is 6.41. The summed E-state index contributed by atoms with van der Waals surface area (Å²) in [6.07, 6.45) is 4.34. The maximum absolute atomic E-state index is 12.8. The number of urea groups is 1. The van der Waals surface area contributed by atoms with Gasteiger partial charge in [-0.25, -0.2) is 4.79 Å². The molecule has 2 aromatic rings. The van der Waals surface area contributed by atoms with E-state index in [1.54, 1.807) is 0 Å². The maximum Gasteiger partial charge on any atom is 0.322 e. The SMILES string of the molecule is Cc1ccc(NC(=O)N2CCCCC[C@@H]2c2ccc(Cl)cc2)cc1. The van der Waals surface area contributed by atoms with Gasteiger partial charge < -0.3 is 10.2 Å². The molecular weight excluding hydrogens is 320 g/mol. The fourth-order valence-electron chi connectivity index (χ4n) is 3.22. The summed E-state index contributed by atoms with van der Waals surface area (Å²) in [4.78, 5) is 14.8. The van der Waals surface area contributed by atoms with Crippen LogP contribution in [-0.4, -0.2) is 17.5 Å². The lowest BCUT2D eigenvalue weighted by molar-refractivity contribution is 0.189. The van der Waals surface area contributed by atoms with Crippen LogP contribution in [0.4, 0.5) is 10.5 Å². The zero-order valence-corrected chi connectivity index (χ0v) is 14.7. The topological polar surface area (TPSA) is 32.3 Å². The van der Waals surface area contributed by atoms with E-state index >= 15 is 0 Å². The van der Waals surface area contributed by atoms with E-state index in [9.17, 15) is 4.79 Å². The lowest BCUT2D eigenvalue weighted by atomic mass is 10.0. The number of benzene rings is 2. The molecule has 0 saturated carbocycles. The fourth-order valence-corrected chi connectivity index (χ4v) is 3.34. The van der Waals surface area contributed by atoms with Crippen LogP contribution in [-0.2, 0) is 0 Å². The molecule has 2 amide bonds. The molecule has 1 aliphatic rings. The van der Waals surface area contributed by atoms with Crippen molar-refractivity contribution in [3.05, 3.63) is 64.7 Å². The molecule has 0 bridgehead atoms. The van der Waals surface area contributed by atoms with Crippen molar-refractivity contribution in [1.82, 2.24) is 4.90 Å². The smallest absolute Gasteiger partial charge is 0.317 e. The molecule has 1 fully saturated rings. The second kappa shape index (κ2) is 7.71. The summed E-state index contributed by atoms with van der Waals surface area (Å²) in [5, 5.41) is 3.76. The van der Waals surface area contributed by atoms with E-state index in [1.165, 1.54) is 12.0 Å². The summed E-state index contributed by atoms with van der Waals surface area (Å²) in [7, 11) is 0. The molecule has 126 valence electrons. The van der Waals surface area contributed by atoms with Crippen molar-refractivity contribution < 1.29 is 4.79 Å². The van der Waals surface area contributed by atoms with Crippen LogP contribution in [0.25, 0.3) is 0 Å². The third kappa shape index (κ3) is 4.09. The number of aryl methyl sites for hydroxylation is 1. The molecule has 0 aromatic heterocycles. The summed E-state index contributed by atoms with van der Waals surface area (Å²) in [6.45, 7) is 2.82. The Bertz CT molecular complexity index is 682. The van der Waals surface area contributed by atoms with Gasteiger partial charge in [-0.3, -0.25) is 0 Å². The van der Waals surface area contributed by atoms with Gasteiger partial charge in [0.05, 0.1) is 6.04 Å². The van der Waals surface area contributed by atoms with Gasteiger partial charge in [-0.15, -0.1) is 0 Å². The summed E-state index contributed by atoms with van der Waals surface area (Å²) >= 11 is 6.01. The molecule has 1 atom stereocenters. The third-order valence-corrected chi connectivity index (χ3v) is 4.82. The molecule has 3 rings (SSSR count). The molecule has 0 unspecified atom stereocenters. The van der Waals surface area contributed by atoms with E-state index in [1.807, 2.05) is 60.4 Å². The number of anilines is 1. The molecule has 3 nitrogen and oxygen atoms in total. The zero-order valence-electron chi connectivity index (χ0n) is 14.0. The Morgan fingerprint density at radius 1 is 1.04 bits per heavy atom. The number of hydrogen-bond acceptors (Lipinski definition) is 1. The number of amides is 2. The molecular formula is C20H23ClN2O. The minimum Gasteiger partial charge on any atom is -0.317 e. The number of carbonyl (C=O) groups is 1. The number of hydrogen-bond donors (Lipinski definition) is 1. The van der Waals surface area contributed by atoms with Crippen molar-refractivity contribution in [2.75, 3.05) is 11.9 Å². The molecule has 0 aliphatic carbocycles. The van der Waals surface area contributed by atoms with E-state index in [-0.39, 0.29) is 12.1 Å². The Morgan fingerprint density at radius 3 is 2.46 bits per heavy atom. The third-order valence-electron chi connectivity index (χ3n) is 4.57. The van der Waals surface area contributed by atoms with Crippen LogP contribution in [0.15, 0.2) is 48.5 Å². The van der Waals surface area contributed by atoms with Crippen molar-refractivity contribution in [2.24, 2.45) is 0 Å². The van der Waals surface area contributed by atoms with E-state index in [4.69, 9.17) is 11.6 Å². The molecule has 0 spiro atoms. The van der Waals surface area contributed by atoms with Crippen LogP contribution >= 0.6 is 11.6 Å². The van der Waals surface area contributed by atoms with Gasteiger partial charge in [-0.05, 0) is 49.6 Å². The van der Waals surface area contributed by atoms with Crippen molar-refractivity contribution in [3.8, 4) is 0 Å². The normalized spacial score (nSPS) is 18.1. The van der Waals surface area contributed by atoms with Crippen molar-refractivity contribution >= 4 is 23.3 Å². The molecule has 1 N–H and O–H groups in total. The minimum absolute atomic E-state index is 0.0271. The first-order valence-corrected chi connectivity index (χ1v) is 8.91. The average Bonchev–Trinajstić information content (AvgIpc) is 2.84. The number of carbonyl (C=O) groups excluding carboxylic acids is 1. The van der Waals surface area contributed by atoms with Gasteiger partial charge in [-0.2, -0.15) is 0 Å². The van der Waals surface area contributed by atoms with Crippen LogP contribution in [0.1, 0.15) is 42.9 Å². The van der Waals surface area contributed by atoms with E-state index in [0.717, 1.165) is 42.1 Å². The lowest BCUT2D eigenvalue weighted by Crippen LogP contribution is -2.38. The first-order valence-electron chi connectivity index (χ1n) is 8.53. The van der Waals surface area contributed by atoms with Crippen molar-refractivity contribution in [2.45, 2.75) is 38.6 Å². The van der Waals surface area contributed by atoms with Gasteiger partial charge in [0.2, 0.25) is 0 Å². The number of nitrogens with zero attached hydrogens (tertiary/aromatic N) is 1. The Morgan fingerprint density at radius 2 is 1.75 bits per heavy atom. The highest BCUT2D eigenvalue weighted by Gasteiger charge is 2.26. The second-order valence-corrected chi connectivity index (χ2v) is 6.84. The zero-order chi connectivity index (χ0) is 16.9. The van der Waals surface area contributed by atoms with Crippen LogP contribution in [0, 0.1) is 6.92 Å². The molecule has 24 heavy (non-hydrogen) atoms. The highest BCUT2D eigenvalue weighted by Crippen LogP contribution is 2.31. The largest absolute Gasteiger partial charge is 0.322 e. The average molecular weight is 343 g/mol.